The van der Waals surface area contributed by atoms with Crippen LogP contribution in [0.15, 0.2) is 18.2 Å². The molecule has 0 atom stereocenters. The fourth-order valence-corrected chi connectivity index (χ4v) is 2.27. The second-order valence-electron chi connectivity index (χ2n) is 3.69. The van der Waals surface area contributed by atoms with Gasteiger partial charge in [0.2, 0.25) is 0 Å². The van der Waals surface area contributed by atoms with Crippen LogP contribution in [0.1, 0.15) is 18.4 Å². The minimum Gasteiger partial charge on any atom is -0.389 e. The Morgan fingerprint density at radius 3 is 2.82 bits per heavy atom. The van der Waals surface area contributed by atoms with Crippen LogP contribution in [0, 0.1) is 0 Å². The normalized spacial score (nSPS) is 10.2. The number of thiocarbonyl (C=S) groups is 1. The Morgan fingerprint density at radius 1 is 1.47 bits per heavy atom. The number of benzene rings is 1. The first-order valence-electron chi connectivity index (χ1n) is 5.47. The molecule has 5 heteroatoms. The van der Waals surface area contributed by atoms with Crippen LogP contribution in [0.25, 0.3) is 0 Å². The van der Waals surface area contributed by atoms with Gasteiger partial charge in [0, 0.05) is 12.1 Å². The summed E-state index contributed by atoms with van der Waals surface area (Å²) in [4.78, 5) is 0.374. The molecule has 3 N–H and O–H groups in total. The lowest BCUT2D eigenvalue weighted by atomic mass is 10.2. The average molecular weight is 289 g/mol. The number of rotatable bonds is 7. The summed E-state index contributed by atoms with van der Waals surface area (Å²) in [5.41, 5.74) is 7.28. The SMILES string of the molecule is CSCCCCNc1ccc(C(N)=S)cc1Cl. The first-order chi connectivity index (χ1) is 8.15. The quantitative estimate of drug-likeness (QED) is 0.595. The summed E-state index contributed by atoms with van der Waals surface area (Å²) >= 11 is 12.9. The van der Waals surface area contributed by atoms with Gasteiger partial charge in [-0.1, -0.05) is 23.8 Å². The van der Waals surface area contributed by atoms with Gasteiger partial charge in [-0.2, -0.15) is 11.8 Å². The van der Waals surface area contributed by atoms with E-state index in [2.05, 4.69) is 11.6 Å². The maximum atomic E-state index is 6.13. The van der Waals surface area contributed by atoms with Gasteiger partial charge in [-0.3, -0.25) is 0 Å². The van der Waals surface area contributed by atoms with E-state index in [1.54, 1.807) is 6.07 Å². The first-order valence-corrected chi connectivity index (χ1v) is 7.65. The third-order valence-corrected chi connectivity index (χ3v) is 3.59. The molecule has 0 aromatic heterocycles. The number of nitrogens with two attached hydrogens (primary N) is 1. The summed E-state index contributed by atoms with van der Waals surface area (Å²) in [5.74, 6) is 1.20. The predicted molar refractivity (Wildman–Crippen MR) is 83.4 cm³/mol. The van der Waals surface area contributed by atoms with Crippen LogP contribution in [0.4, 0.5) is 5.69 Å². The highest BCUT2D eigenvalue weighted by molar-refractivity contribution is 7.98. The molecule has 1 aromatic rings. The number of anilines is 1. The van der Waals surface area contributed by atoms with Crippen LogP contribution in [0.5, 0.6) is 0 Å². The van der Waals surface area contributed by atoms with Gasteiger partial charge in [0.05, 0.1) is 10.7 Å². The molecule has 0 aliphatic heterocycles. The third kappa shape index (κ3) is 5.15. The van der Waals surface area contributed by atoms with E-state index in [0.717, 1.165) is 24.2 Å². The molecule has 0 unspecified atom stereocenters. The zero-order chi connectivity index (χ0) is 12.7. The number of unbranched alkanes of at least 4 members (excludes halogenated alkanes) is 1. The van der Waals surface area contributed by atoms with Crippen LogP contribution in [-0.2, 0) is 0 Å². The van der Waals surface area contributed by atoms with E-state index in [9.17, 15) is 0 Å². The summed E-state index contributed by atoms with van der Waals surface area (Å²) in [7, 11) is 0. The highest BCUT2D eigenvalue weighted by atomic mass is 35.5. The fraction of sp³-hybridized carbons (Fsp3) is 0.417. The molecule has 0 aliphatic carbocycles. The maximum Gasteiger partial charge on any atom is 0.104 e. The fourth-order valence-electron chi connectivity index (χ4n) is 1.41. The molecular weight excluding hydrogens is 272 g/mol. The molecule has 2 nitrogen and oxygen atoms in total. The maximum absolute atomic E-state index is 6.13. The van der Waals surface area contributed by atoms with E-state index in [0.29, 0.717) is 10.0 Å². The Hall–Kier alpha value is -0.450. The van der Waals surface area contributed by atoms with Gasteiger partial charge in [-0.15, -0.1) is 0 Å². The van der Waals surface area contributed by atoms with Crippen molar-refractivity contribution in [3.8, 4) is 0 Å². The summed E-state index contributed by atoms with van der Waals surface area (Å²) in [6.45, 7) is 0.937. The van der Waals surface area contributed by atoms with Gasteiger partial charge < -0.3 is 11.1 Å². The first kappa shape index (κ1) is 14.6. The molecular formula is C12H17ClN2S2. The minimum atomic E-state index is 0.374. The molecule has 0 saturated heterocycles. The molecule has 1 aromatic carbocycles. The largest absolute Gasteiger partial charge is 0.389 e. The average Bonchev–Trinajstić information content (AvgIpc) is 2.30. The number of hydrogen-bond acceptors (Lipinski definition) is 3. The Balaban J connectivity index is 2.46. The van der Waals surface area contributed by atoms with Gasteiger partial charge in [0.25, 0.3) is 0 Å². The van der Waals surface area contributed by atoms with E-state index in [4.69, 9.17) is 29.6 Å². The molecule has 0 aliphatic rings. The van der Waals surface area contributed by atoms with Crippen LogP contribution in [-0.4, -0.2) is 23.5 Å². The molecule has 0 heterocycles. The van der Waals surface area contributed by atoms with Crippen molar-refractivity contribution >= 4 is 46.3 Å². The molecule has 17 heavy (non-hydrogen) atoms. The lowest BCUT2D eigenvalue weighted by molar-refractivity contribution is 0.843. The van der Waals surface area contributed by atoms with E-state index in [1.807, 2.05) is 23.9 Å². The summed E-state index contributed by atoms with van der Waals surface area (Å²) in [6, 6.07) is 5.61. The van der Waals surface area contributed by atoms with Crippen molar-refractivity contribution < 1.29 is 0 Å². The van der Waals surface area contributed by atoms with E-state index in [-0.39, 0.29) is 0 Å². The van der Waals surface area contributed by atoms with Crippen molar-refractivity contribution in [2.24, 2.45) is 5.73 Å². The Kier molecular flexibility index (Phi) is 6.70. The lowest BCUT2D eigenvalue weighted by Crippen LogP contribution is -2.09. The van der Waals surface area contributed by atoms with Crippen molar-refractivity contribution in [1.29, 1.82) is 0 Å². The summed E-state index contributed by atoms with van der Waals surface area (Å²) < 4.78 is 0. The topological polar surface area (TPSA) is 38.0 Å². The molecule has 1 rings (SSSR count). The zero-order valence-corrected chi connectivity index (χ0v) is 12.2. The molecule has 0 bridgehead atoms. The highest BCUT2D eigenvalue weighted by Crippen LogP contribution is 2.23. The van der Waals surface area contributed by atoms with Crippen LogP contribution in [0.2, 0.25) is 5.02 Å². The van der Waals surface area contributed by atoms with E-state index in [1.165, 1.54) is 12.2 Å². The minimum absolute atomic E-state index is 0.374. The van der Waals surface area contributed by atoms with Crippen LogP contribution in [0.3, 0.4) is 0 Å². The monoisotopic (exact) mass is 288 g/mol. The zero-order valence-electron chi connectivity index (χ0n) is 9.83. The van der Waals surface area contributed by atoms with Gasteiger partial charge in [-0.05, 0) is 43.0 Å². The summed E-state index contributed by atoms with van der Waals surface area (Å²) in [5, 5.41) is 3.98. The van der Waals surface area contributed by atoms with Crippen molar-refractivity contribution in [2.75, 3.05) is 23.9 Å². The van der Waals surface area contributed by atoms with E-state index < -0.39 is 0 Å². The third-order valence-electron chi connectivity index (χ3n) is 2.34. The molecule has 0 spiro atoms. The van der Waals surface area contributed by atoms with Gasteiger partial charge >= 0.3 is 0 Å². The van der Waals surface area contributed by atoms with Crippen LogP contribution < -0.4 is 11.1 Å². The Morgan fingerprint density at radius 2 is 2.24 bits per heavy atom. The molecule has 0 amide bonds. The number of halogens is 1. The van der Waals surface area contributed by atoms with Crippen molar-refractivity contribution in [3.63, 3.8) is 0 Å². The Labute approximate surface area is 117 Å². The molecule has 0 saturated carbocycles. The van der Waals surface area contributed by atoms with E-state index >= 15 is 0 Å². The standard InChI is InChI=1S/C12H17ClN2S2/c1-17-7-3-2-6-15-11-5-4-9(12(14)16)8-10(11)13/h4-5,8,15H,2-3,6-7H2,1H3,(H2,14,16). The molecule has 0 radical (unpaired) electrons. The van der Waals surface area contributed by atoms with Gasteiger partial charge in [-0.25, -0.2) is 0 Å². The molecule has 0 fully saturated rings. The smallest absolute Gasteiger partial charge is 0.104 e. The highest BCUT2D eigenvalue weighted by Gasteiger charge is 2.02. The second-order valence-corrected chi connectivity index (χ2v) is 5.52. The Bertz CT molecular complexity index is 383. The van der Waals surface area contributed by atoms with Gasteiger partial charge in [0.15, 0.2) is 0 Å². The number of thioether (sulfide) groups is 1. The summed E-state index contributed by atoms with van der Waals surface area (Å²) in [6.07, 6.45) is 4.49. The number of nitrogens with one attached hydrogen (secondary N) is 1. The second kappa shape index (κ2) is 7.80. The van der Waals surface area contributed by atoms with Crippen molar-refractivity contribution in [3.05, 3.63) is 28.8 Å². The van der Waals surface area contributed by atoms with Gasteiger partial charge in [0.1, 0.15) is 4.99 Å². The lowest BCUT2D eigenvalue weighted by Gasteiger charge is -2.09. The predicted octanol–water partition coefficient (Wildman–Crippen LogP) is 3.53. The van der Waals surface area contributed by atoms with Crippen molar-refractivity contribution in [1.82, 2.24) is 0 Å². The van der Waals surface area contributed by atoms with Crippen molar-refractivity contribution in [2.45, 2.75) is 12.8 Å². The van der Waals surface area contributed by atoms with Crippen LogP contribution >= 0.6 is 35.6 Å². The molecule has 94 valence electrons. The number of hydrogen-bond donors (Lipinski definition) is 2.